The van der Waals surface area contributed by atoms with Crippen LogP contribution in [0.1, 0.15) is 25.3 Å². The van der Waals surface area contributed by atoms with Crippen molar-refractivity contribution in [3.8, 4) is 0 Å². The molecule has 0 radical (unpaired) electrons. The number of rotatable bonds is 6. The van der Waals surface area contributed by atoms with Crippen LogP contribution in [0, 0.1) is 5.92 Å². The molecule has 114 valence electrons. The van der Waals surface area contributed by atoms with E-state index >= 15 is 0 Å². The minimum absolute atomic E-state index is 0.133. The Morgan fingerprint density at radius 2 is 2.14 bits per heavy atom. The first-order valence-electron chi connectivity index (χ1n) is 7.20. The van der Waals surface area contributed by atoms with Gasteiger partial charge >= 0.3 is 6.09 Å². The third-order valence-corrected chi connectivity index (χ3v) is 4.13. The summed E-state index contributed by atoms with van der Waals surface area (Å²) in [5, 5.41) is 0.860. The summed E-state index contributed by atoms with van der Waals surface area (Å²) in [6.45, 7) is 2.30. The van der Waals surface area contributed by atoms with Crippen LogP contribution in [0.4, 0.5) is 4.79 Å². The summed E-state index contributed by atoms with van der Waals surface area (Å²) in [4.78, 5) is 25.5. The highest BCUT2D eigenvalue weighted by Gasteiger charge is 2.37. The number of amides is 2. The first kappa shape index (κ1) is 16.0. The second-order valence-electron chi connectivity index (χ2n) is 5.47. The number of imide groups is 1. The molecule has 1 fully saturated rings. The second-order valence-corrected chi connectivity index (χ2v) is 6.26. The van der Waals surface area contributed by atoms with Gasteiger partial charge in [-0.25, -0.2) is 9.69 Å². The van der Waals surface area contributed by atoms with Crippen molar-refractivity contribution in [3.05, 3.63) is 35.9 Å². The largest absolute Gasteiger partial charge is 0.447 e. The van der Waals surface area contributed by atoms with Crippen molar-refractivity contribution in [3.63, 3.8) is 0 Å². The Kier molecular flexibility index (Phi) is 5.79. The summed E-state index contributed by atoms with van der Waals surface area (Å²) in [6.07, 6.45) is 1.43. The van der Waals surface area contributed by atoms with Crippen LogP contribution in [0.15, 0.2) is 30.3 Å². The Labute approximate surface area is 133 Å². The molecular weight excluding hydrogens is 334 g/mol. The maximum absolute atomic E-state index is 12.4. The van der Waals surface area contributed by atoms with E-state index in [4.69, 9.17) is 4.74 Å². The summed E-state index contributed by atoms with van der Waals surface area (Å²) in [5.41, 5.74) is 1.10. The van der Waals surface area contributed by atoms with Crippen LogP contribution in [0.2, 0.25) is 0 Å². The lowest BCUT2D eigenvalue weighted by Gasteiger charge is -2.21. The molecule has 0 spiro atoms. The van der Waals surface area contributed by atoms with E-state index in [2.05, 4.69) is 15.9 Å². The predicted molar refractivity (Wildman–Crippen MR) is 84.3 cm³/mol. The van der Waals surface area contributed by atoms with Gasteiger partial charge in [-0.1, -0.05) is 53.2 Å². The van der Waals surface area contributed by atoms with E-state index in [-0.39, 0.29) is 24.5 Å². The van der Waals surface area contributed by atoms with Gasteiger partial charge in [0, 0.05) is 11.8 Å². The van der Waals surface area contributed by atoms with Crippen molar-refractivity contribution in [1.82, 2.24) is 4.90 Å². The van der Waals surface area contributed by atoms with Gasteiger partial charge in [0.05, 0.1) is 6.04 Å². The highest BCUT2D eigenvalue weighted by Crippen LogP contribution is 2.20. The third-order valence-electron chi connectivity index (χ3n) is 3.67. The van der Waals surface area contributed by atoms with Gasteiger partial charge in [-0.15, -0.1) is 0 Å². The molecule has 1 aliphatic rings. The van der Waals surface area contributed by atoms with E-state index in [0.717, 1.165) is 17.3 Å². The lowest BCUT2D eigenvalue weighted by molar-refractivity contribution is -0.130. The molecule has 1 heterocycles. The van der Waals surface area contributed by atoms with E-state index < -0.39 is 6.09 Å². The van der Waals surface area contributed by atoms with Gasteiger partial charge in [-0.3, -0.25) is 4.79 Å². The molecule has 0 aliphatic carbocycles. The van der Waals surface area contributed by atoms with Crippen molar-refractivity contribution in [2.24, 2.45) is 5.92 Å². The lowest BCUT2D eigenvalue weighted by atomic mass is 10.0. The molecule has 0 N–H and O–H groups in total. The number of nitrogens with zero attached hydrogens (tertiary/aromatic N) is 1. The van der Waals surface area contributed by atoms with E-state index in [0.29, 0.717) is 12.8 Å². The number of alkyl halides is 1. The molecule has 2 atom stereocenters. The van der Waals surface area contributed by atoms with Crippen molar-refractivity contribution in [1.29, 1.82) is 0 Å². The maximum atomic E-state index is 12.4. The lowest BCUT2D eigenvalue weighted by Crippen LogP contribution is -2.40. The molecule has 1 aliphatic heterocycles. The number of carbonyl (C=O) groups excluding carboxylic acids is 2. The summed E-state index contributed by atoms with van der Waals surface area (Å²) >= 11 is 3.37. The van der Waals surface area contributed by atoms with Gasteiger partial charge in [0.2, 0.25) is 5.91 Å². The van der Waals surface area contributed by atoms with E-state index in [1.807, 2.05) is 37.3 Å². The van der Waals surface area contributed by atoms with E-state index in [9.17, 15) is 9.59 Å². The normalized spacial score (nSPS) is 19.4. The number of ether oxygens (including phenoxy) is 1. The SMILES string of the molecule is C[C@@H](CCBr)CC(=O)N1C(=O)OCC1Cc1ccccc1. The predicted octanol–water partition coefficient (Wildman–Crippen LogP) is 3.39. The van der Waals surface area contributed by atoms with Gasteiger partial charge in [-0.2, -0.15) is 0 Å². The molecule has 0 aromatic heterocycles. The Bertz CT molecular complexity index is 492. The maximum Gasteiger partial charge on any atom is 0.416 e. The average Bonchev–Trinajstić information content (AvgIpc) is 2.81. The molecule has 0 saturated carbocycles. The molecule has 1 aromatic carbocycles. The fourth-order valence-electron chi connectivity index (χ4n) is 2.49. The van der Waals surface area contributed by atoms with Gasteiger partial charge in [0.15, 0.2) is 0 Å². The standard InChI is InChI=1S/C16H20BrNO3/c1-12(7-8-17)9-15(19)18-14(11-21-16(18)20)10-13-5-3-2-4-6-13/h2-6,12,14H,7-11H2,1H3/t12-,14?/m0/s1. The Morgan fingerprint density at radius 1 is 1.43 bits per heavy atom. The number of carbonyl (C=O) groups is 2. The Hall–Kier alpha value is -1.36. The van der Waals surface area contributed by atoms with Crippen LogP contribution in [0.25, 0.3) is 0 Å². The number of benzene rings is 1. The summed E-state index contributed by atoms with van der Waals surface area (Å²) < 4.78 is 5.07. The molecule has 21 heavy (non-hydrogen) atoms. The molecule has 0 bridgehead atoms. The first-order chi connectivity index (χ1) is 10.1. The van der Waals surface area contributed by atoms with Gasteiger partial charge < -0.3 is 4.74 Å². The third kappa shape index (κ3) is 4.30. The zero-order valence-electron chi connectivity index (χ0n) is 12.1. The van der Waals surface area contributed by atoms with Crippen LogP contribution in [-0.4, -0.2) is 34.9 Å². The Balaban J connectivity index is 2.01. The monoisotopic (exact) mass is 353 g/mol. The first-order valence-corrected chi connectivity index (χ1v) is 8.32. The number of halogens is 1. The topological polar surface area (TPSA) is 46.6 Å². The molecule has 2 rings (SSSR count). The van der Waals surface area contributed by atoms with Crippen molar-refractivity contribution in [2.75, 3.05) is 11.9 Å². The molecule has 1 saturated heterocycles. The van der Waals surface area contributed by atoms with Gasteiger partial charge in [0.1, 0.15) is 6.61 Å². The zero-order valence-corrected chi connectivity index (χ0v) is 13.7. The van der Waals surface area contributed by atoms with Crippen LogP contribution in [0.3, 0.4) is 0 Å². The summed E-state index contributed by atoms with van der Waals surface area (Å²) in [7, 11) is 0. The molecule has 4 nitrogen and oxygen atoms in total. The highest BCUT2D eigenvalue weighted by atomic mass is 79.9. The van der Waals surface area contributed by atoms with Gasteiger partial charge in [0.25, 0.3) is 0 Å². The van der Waals surface area contributed by atoms with Crippen molar-refractivity contribution in [2.45, 2.75) is 32.2 Å². The molecule has 1 unspecified atom stereocenters. The number of cyclic esters (lactones) is 1. The fourth-order valence-corrected chi connectivity index (χ4v) is 3.27. The van der Waals surface area contributed by atoms with Crippen LogP contribution in [-0.2, 0) is 16.0 Å². The highest BCUT2D eigenvalue weighted by molar-refractivity contribution is 9.09. The van der Waals surface area contributed by atoms with Crippen LogP contribution in [0.5, 0.6) is 0 Å². The van der Waals surface area contributed by atoms with E-state index in [1.54, 1.807) is 0 Å². The van der Waals surface area contributed by atoms with Crippen molar-refractivity contribution < 1.29 is 14.3 Å². The Morgan fingerprint density at radius 3 is 2.81 bits per heavy atom. The van der Waals surface area contributed by atoms with Gasteiger partial charge in [-0.05, 0) is 24.3 Å². The van der Waals surface area contributed by atoms with Crippen molar-refractivity contribution >= 4 is 27.9 Å². The molecule has 2 amide bonds. The minimum Gasteiger partial charge on any atom is -0.447 e. The molecule has 5 heteroatoms. The van der Waals surface area contributed by atoms with Crippen LogP contribution < -0.4 is 0 Å². The zero-order chi connectivity index (χ0) is 15.2. The van der Waals surface area contributed by atoms with Crippen LogP contribution >= 0.6 is 15.9 Å². The second kappa shape index (κ2) is 7.59. The molecule has 1 aromatic rings. The number of hydrogen-bond donors (Lipinski definition) is 0. The smallest absolute Gasteiger partial charge is 0.416 e. The quantitative estimate of drug-likeness (QED) is 0.736. The number of hydrogen-bond acceptors (Lipinski definition) is 3. The fraction of sp³-hybridized carbons (Fsp3) is 0.500. The minimum atomic E-state index is -0.507. The van der Waals surface area contributed by atoms with E-state index in [1.165, 1.54) is 4.90 Å². The summed E-state index contributed by atoms with van der Waals surface area (Å²) in [6, 6.07) is 9.67. The summed E-state index contributed by atoms with van der Waals surface area (Å²) in [5.74, 6) is 0.120. The molecular formula is C16H20BrNO3. The average molecular weight is 354 g/mol.